The average Bonchev–Trinajstić information content (AvgIpc) is 3.46. The number of carbonyl (C=O) groups is 2. The fourth-order valence-corrected chi connectivity index (χ4v) is 7.91. The summed E-state index contributed by atoms with van der Waals surface area (Å²) in [6.45, 7) is 1.70. The summed E-state index contributed by atoms with van der Waals surface area (Å²) in [5, 5.41) is 1.21. The summed E-state index contributed by atoms with van der Waals surface area (Å²) < 4.78 is 39.0. The molecular formula is C35H42N2O9. The molecule has 0 radical (unpaired) electrons. The zero-order chi connectivity index (χ0) is 32.5. The van der Waals surface area contributed by atoms with Gasteiger partial charge in [0.05, 0.1) is 47.5 Å². The fraction of sp³-hybridized carbons (Fsp3) is 0.486. The lowest BCUT2D eigenvalue weighted by atomic mass is 9.63. The lowest BCUT2D eigenvalue weighted by molar-refractivity contribution is -0.187. The molecule has 0 spiro atoms. The van der Waals surface area contributed by atoms with E-state index in [0.717, 1.165) is 37.2 Å². The van der Waals surface area contributed by atoms with Crippen LogP contribution in [0, 0.1) is 17.8 Å². The number of nitrogens with zero attached hydrogens (tertiary/aromatic N) is 1. The van der Waals surface area contributed by atoms with Gasteiger partial charge in [0.1, 0.15) is 18.0 Å². The summed E-state index contributed by atoms with van der Waals surface area (Å²) >= 11 is 0. The largest absolute Gasteiger partial charge is 0.497 e. The van der Waals surface area contributed by atoms with Gasteiger partial charge in [-0.05, 0) is 72.6 Å². The minimum absolute atomic E-state index is 0.00438. The van der Waals surface area contributed by atoms with Crippen LogP contribution in [0.25, 0.3) is 17.0 Å². The Kier molecular flexibility index (Phi) is 9.15. The Labute approximate surface area is 268 Å². The molecule has 0 bridgehead atoms. The number of aromatic amines is 1. The van der Waals surface area contributed by atoms with Crippen molar-refractivity contribution in [1.29, 1.82) is 0 Å². The first-order valence-corrected chi connectivity index (χ1v) is 15.6. The van der Waals surface area contributed by atoms with Crippen LogP contribution >= 0.6 is 0 Å². The maximum absolute atomic E-state index is 13.4. The lowest BCUT2D eigenvalue weighted by Crippen LogP contribution is -2.58. The molecule has 3 aromatic rings. The standard InChI is InChI=1S/C35H42N2O9/c1-40-21-8-9-22-23-11-12-37-18-20-15-29(46-30(38)10-7-19-13-27(41-2)33(43-4)28(14-19)42-3)34(44-5)31(35(39)45-6)24(20)17-26(37)32(23)36-25(22)16-21/h7-10,13-14,16,20,24,26,29,31,34,36H,11-12,15,17-18H2,1-6H3/b10-7+/t20-,24+,26+,29+,31-,34-/m0/s1. The number of nitrogens with one attached hydrogen (secondary N) is 1. The number of H-pyrrole nitrogens is 1. The van der Waals surface area contributed by atoms with Crippen LogP contribution in [-0.4, -0.2) is 89.8 Å². The molecule has 46 heavy (non-hydrogen) atoms. The highest BCUT2D eigenvalue weighted by Crippen LogP contribution is 2.50. The van der Waals surface area contributed by atoms with Crippen LogP contribution in [0.4, 0.5) is 0 Å². The van der Waals surface area contributed by atoms with Crippen LogP contribution < -0.4 is 18.9 Å². The number of piperidine rings is 1. The maximum atomic E-state index is 13.4. The molecule has 1 N–H and O–H groups in total. The molecule has 1 saturated carbocycles. The molecule has 2 fully saturated rings. The molecule has 3 heterocycles. The summed E-state index contributed by atoms with van der Waals surface area (Å²) in [5.41, 5.74) is 4.26. The number of methoxy groups -OCH3 is 6. The summed E-state index contributed by atoms with van der Waals surface area (Å²) in [5.74, 6) is 0.873. The third kappa shape index (κ3) is 5.66. The Balaban J connectivity index is 1.23. The summed E-state index contributed by atoms with van der Waals surface area (Å²) in [6, 6.07) is 9.78. The molecule has 1 aliphatic carbocycles. The quantitative estimate of drug-likeness (QED) is 0.265. The lowest BCUT2D eigenvalue weighted by Gasteiger charge is -2.52. The Morgan fingerprint density at radius 1 is 0.935 bits per heavy atom. The Morgan fingerprint density at radius 2 is 1.70 bits per heavy atom. The first-order valence-electron chi connectivity index (χ1n) is 15.6. The van der Waals surface area contributed by atoms with E-state index in [0.29, 0.717) is 29.2 Å². The van der Waals surface area contributed by atoms with Gasteiger partial charge in [-0.1, -0.05) is 0 Å². The topological polar surface area (TPSA) is 118 Å². The third-order valence-electron chi connectivity index (χ3n) is 9.97. The van der Waals surface area contributed by atoms with Crippen LogP contribution in [0.15, 0.2) is 36.4 Å². The van der Waals surface area contributed by atoms with E-state index in [-0.39, 0.29) is 23.8 Å². The van der Waals surface area contributed by atoms with Crippen molar-refractivity contribution in [3.8, 4) is 23.0 Å². The molecule has 11 heteroatoms. The van der Waals surface area contributed by atoms with Gasteiger partial charge in [-0.3, -0.25) is 9.69 Å². The summed E-state index contributed by atoms with van der Waals surface area (Å²) in [4.78, 5) is 32.8. The molecule has 0 amide bonds. The Bertz CT molecular complexity index is 1610. The van der Waals surface area contributed by atoms with Crippen LogP contribution in [0.3, 0.4) is 0 Å². The van der Waals surface area contributed by atoms with Crippen molar-refractivity contribution in [1.82, 2.24) is 9.88 Å². The van der Waals surface area contributed by atoms with Crippen molar-refractivity contribution in [3.63, 3.8) is 0 Å². The minimum Gasteiger partial charge on any atom is -0.497 e. The van der Waals surface area contributed by atoms with Crippen molar-refractivity contribution in [2.24, 2.45) is 17.8 Å². The summed E-state index contributed by atoms with van der Waals surface area (Å²) in [7, 11) is 9.24. The number of hydrogen-bond acceptors (Lipinski definition) is 10. The van der Waals surface area contributed by atoms with Crippen LogP contribution in [0.5, 0.6) is 23.0 Å². The highest BCUT2D eigenvalue weighted by Gasteiger charge is 2.54. The van der Waals surface area contributed by atoms with Crippen molar-refractivity contribution in [3.05, 3.63) is 53.2 Å². The minimum atomic E-state index is -0.645. The number of carbonyl (C=O) groups excluding carboxylic acids is 2. The number of ether oxygens (including phenoxy) is 7. The SMILES string of the molecule is COC(=O)[C@H]1[C@@H]2C[C@@H]3c4[nH]c5cc(OC)ccc5c4CCN3C[C@@H]2C[C@@H](OC(=O)/C=C/c2cc(OC)c(OC)c(OC)c2)[C@@H]1OC. The number of benzene rings is 2. The molecular weight excluding hydrogens is 592 g/mol. The van der Waals surface area contributed by atoms with Gasteiger partial charge < -0.3 is 38.1 Å². The average molecular weight is 635 g/mol. The first kappa shape index (κ1) is 31.7. The predicted octanol–water partition coefficient (Wildman–Crippen LogP) is 4.57. The molecule has 3 aliphatic rings. The van der Waals surface area contributed by atoms with E-state index in [4.69, 9.17) is 33.2 Å². The zero-order valence-electron chi connectivity index (χ0n) is 27.2. The van der Waals surface area contributed by atoms with E-state index >= 15 is 0 Å². The van der Waals surface area contributed by atoms with Gasteiger partial charge in [0, 0.05) is 48.9 Å². The number of esters is 2. The first-order chi connectivity index (χ1) is 22.3. The second-order valence-electron chi connectivity index (χ2n) is 12.1. The van der Waals surface area contributed by atoms with Gasteiger partial charge in [-0.15, -0.1) is 0 Å². The third-order valence-corrected chi connectivity index (χ3v) is 9.97. The van der Waals surface area contributed by atoms with E-state index in [1.54, 1.807) is 32.4 Å². The Hall–Kier alpha value is -4.22. The maximum Gasteiger partial charge on any atom is 0.331 e. The number of fused-ring (bicyclic) bond motifs is 6. The number of aromatic nitrogens is 1. The Morgan fingerprint density at radius 3 is 2.35 bits per heavy atom. The molecule has 2 aliphatic heterocycles. The molecule has 2 aromatic carbocycles. The highest BCUT2D eigenvalue weighted by molar-refractivity contribution is 5.88. The van der Waals surface area contributed by atoms with E-state index in [9.17, 15) is 9.59 Å². The van der Waals surface area contributed by atoms with Crippen molar-refractivity contribution < 1.29 is 42.7 Å². The van der Waals surface area contributed by atoms with Gasteiger partial charge in [0.25, 0.3) is 0 Å². The molecule has 11 nitrogen and oxygen atoms in total. The van der Waals surface area contributed by atoms with E-state index < -0.39 is 24.1 Å². The van der Waals surface area contributed by atoms with Crippen LogP contribution in [-0.2, 0) is 30.2 Å². The van der Waals surface area contributed by atoms with Crippen molar-refractivity contribution in [2.45, 2.75) is 37.5 Å². The van der Waals surface area contributed by atoms with E-state index in [1.165, 1.54) is 51.2 Å². The second kappa shape index (κ2) is 13.3. The smallest absolute Gasteiger partial charge is 0.331 e. The monoisotopic (exact) mass is 634 g/mol. The molecule has 6 rings (SSSR count). The normalized spacial score (nSPS) is 25.7. The zero-order valence-corrected chi connectivity index (χ0v) is 27.2. The molecule has 0 unspecified atom stereocenters. The fourth-order valence-electron chi connectivity index (χ4n) is 7.91. The predicted molar refractivity (Wildman–Crippen MR) is 170 cm³/mol. The van der Waals surface area contributed by atoms with Gasteiger partial charge in [0.2, 0.25) is 5.75 Å². The number of rotatable bonds is 9. The molecule has 246 valence electrons. The molecule has 1 aromatic heterocycles. The van der Waals surface area contributed by atoms with E-state index in [2.05, 4.69) is 16.0 Å². The van der Waals surface area contributed by atoms with Gasteiger partial charge in [0.15, 0.2) is 11.5 Å². The molecule has 6 atom stereocenters. The second-order valence-corrected chi connectivity index (χ2v) is 12.1. The molecule has 1 saturated heterocycles. The van der Waals surface area contributed by atoms with Gasteiger partial charge >= 0.3 is 11.9 Å². The van der Waals surface area contributed by atoms with Crippen molar-refractivity contribution >= 4 is 28.9 Å². The highest BCUT2D eigenvalue weighted by atomic mass is 16.6. The van der Waals surface area contributed by atoms with Crippen LogP contribution in [0.1, 0.15) is 35.7 Å². The van der Waals surface area contributed by atoms with Gasteiger partial charge in [-0.25, -0.2) is 4.79 Å². The van der Waals surface area contributed by atoms with E-state index in [1.807, 2.05) is 12.1 Å². The van der Waals surface area contributed by atoms with Crippen molar-refractivity contribution in [2.75, 3.05) is 55.7 Å². The van der Waals surface area contributed by atoms with Gasteiger partial charge in [-0.2, -0.15) is 0 Å². The summed E-state index contributed by atoms with van der Waals surface area (Å²) in [6.07, 6.45) is 4.01. The number of hydrogen-bond donors (Lipinski definition) is 1. The van der Waals surface area contributed by atoms with Crippen LogP contribution in [0.2, 0.25) is 0 Å².